The fourth-order valence-electron chi connectivity index (χ4n) is 1.77. The van der Waals surface area contributed by atoms with Crippen molar-refractivity contribution >= 4 is 15.9 Å². The summed E-state index contributed by atoms with van der Waals surface area (Å²) >= 11 is 3.50. The summed E-state index contributed by atoms with van der Waals surface area (Å²) in [5.41, 5.74) is 1.96. The molecule has 1 atom stereocenters. The van der Waals surface area contributed by atoms with E-state index in [1.165, 1.54) is 12.1 Å². The smallest absolute Gasteiger partial charge is 0.123 e. The molecule has 2 aromatic carbocycles. The summed E-state index contributed by atoms with van der Waals surface area (Å²) in [6, 6.07) is 14.2. The van der Waals surface area contributed by atoms with Crippen LogP contribution in [0.5, 0.6) is 0 Å². The van der Waals surface area contributed by atoms with Gasteiger partial charge in [0.2, 0.25) is 0 Å². The van der Waals surface area contributed by atoms with Crippen molar-refractivity contribution in [2.24, 2.45) is 0 Å². The van der Waals surface area contributed by atoms with Crippen molar-refractivity contribution in [2.75, 3.05) is 7.11 Å². The highest BCUT2D eigenvalue weighted by Crippen LogP contribution is 2.30. The second-order valence-electron chi connectivity index (χ2n) is 3.69. The minimum atomic E-state index is -0.240. The number of rotatable bonds is 3. The molecule has 0 radical (unpaired) electrons. The Bertz CT molecular complexity index is 496. The zero-order chi connectivity index (χ0) is 12.3. The predicted molar refractivity (Wildman–Crippen MR) is 69.4 cm³/mol. The maximum atomic E-state index is 12.9. The highest BCUT2D eigenvalue weighted by Gasteiger charge is 2.15. The number of methoxy groups -OCH3 is 1. The fraction of sp³-hybridized carbons (Fsp3) is 0.143. The number of ether oxygens (including phenoxy) is 1. The van der Waals surface area contributed by atoms with E-state index in [2.05, 4.69) is 15.9 Å². The first-order valence-electron chi connectivity index (χ1n) is 5.25. The molecule has 0 fully saturated rings. The lowest BCUT2D eigenvalue weighted by Gasteiger charge is -2.17. The van der Waals surface area contributed by atoms with Crippen molar-refractivity contribution < 1.29 is 9.13 Å². The third-order valence-corrected chi connectivity index (χ3v) is 3.32. The average Bonchev–Trinajstić information content (AvgIpc) is 2.35. The quantitative estimate of drug-likeness (QED) is 0.819. The van der Waals surface area contributed by atoms with E-state index >= 15 is 0 Å². The molecule has 2 rings (SSSR count). The molecule has 1 nitrogen and oxygen atoms in total. The van der Waals surface area contributed by atoms with Gasteiger partial charge in [-0.15, -0.1) is 0 Å². The first-order chi connectivity index (χ1) is 8.22. The van der Waals surface area contributed by atoms with Crippen LogP contribution in [0.1, 0.15) is 17.2 Å². The maximum Gasteiger partial charge on any atom is 0.123 e. The van der Waals surface area contributed by atoms with Crippen LogP contribution in [-0.2, 0) is 4.74 Å². The molecular weight excluding hydrogens is 283 g/mol. The van der Waals surface area contributed by atoms with Crippen molar-refractivity contribution in [3.63, 3.8) is 0 Å². The monoisotopic (exact) mass is 294 g/mol. The van der Waals surface area contributed by atoms with Gasteiger partial charge in [0.25, 0.3) is 0 Å². The molecule has 0 bridgehead atoms. The Hall–Kier alpha value is -1.19. The van der Waals surface area contributed by atoms with E-state index < -0.39 is 0 Å². The molecule has 0 unspecified atom stereocenters. The fourth-order valence-corrected chi connectivity index (χ4v) is 2.26. The summed E-state index contributed by atoms with van der Waals surface area (Å²) < 4.78 is 19.4. The van der Waals surface area contributed by atoms with Gasteiger partial charge >= 0.3 is 0 Å². The normalized spacial score (nSPS) is 12.4. The predicted octanol–water partition coefficient (Wildman–Crippen LogP) is 4.32. The van der Waals surface area contributed by atoms with E-state index in [0.717, 1.165) is 15.6 Å². The lowest BCUT2D eigenvalue weighted by Crippen LogP contribution is -2.04. The molecule has 0 heterocycles. The highest BCUT2D eigenvalue weighted by molar-refractivity contribution is 9.10. The number of hydrogen-bond donors (Lipinski definition) is 0. The van der Waals surface area contributed by atoms with Crippen LogP contribution >= 0.6 is 15.9 Å². The Kier molecular flexibility index (Phi) is 3.92. The van der Waals surface area contributed by atoms with Crippen LogP contribution in [0.2, 0.25) is 0 Å². The van der Waals surface area contributed by atoms with Gasteiger partial charge in [0.1, 0.15) is 11.9 Å². The largest absolute Gasteiger partial charge is 0.372 e. The van der Waals surface area contributed by atoms with Crippen LogP contribution < -0.4 is 0 Å². The summed E-state index contributed by atoms with van der Waals surface area (Å²) in [4.78, 5) is 0. The van der Waals surface area contributed by atoms with E-state index in [1.807, 2.05) is 24.3 Å². The SMILES string of the molecule is CO[C@H](c1ccc(F)cc1)c1ccccc1Br. The van der Waals surface area contributed by atoms with Crippen LogP contribution in [0.4, 0.5) is 4.39 Å². The van der Waals surface area contributed by atoms with Gasteiger partial charge in [0.15, 0.2) is 0 Å². The molecule has 0 amide bonds. The van der Waals surface area contributed by atoms with Crippen molar-refractivity contribution in [3.05, 3.63) is 69.9 Å². The van der Waals surface area contributed by atoms with E-state index in [1.54, 1.807) is 19.2 Å². The molecule has 0 saturated carbocycles. The minimum absolute atomic E-state index is 0.189. The Morgan fingerprint density at radius 1 is 1.06 bits per heavy atom. The Morgan fingerprint density at radius 3 is 2.29 bits per heavy atom. The highest BCUT2D eigenvalue weighted by atomic mass is 79.9. The van der Waals surface area contributed by atoms with Crippen molar-refractivity contribution in [3.8, 4) is 0 Å². The Morgan fingerprint density at radius 2 is 1.71 bits per heavy atom. The third kappa shape index (κ3) is 2.73. The van der Waals surface area contributed by atoms with Crippen LogP contribution in [0.15, 0.2) is 53.0 Å². The first-order valence-corrected chi connectivity index (χ1v) is 6.04. The lowest BCUT2D eigenvalue weighted by atomic mass is 10.0. The average molecular weight is 295 g/mol. The molecule has 0 spiro atoms. The Labute approximate surface area is 108 Å². The van der Waals surface area contributed by atoms with Gasteiger partial charge in [-0.1, -0.05) is 46.3 Å². The molecule has 0 saturated heterocycles. The van der Waals surface area contributed by atoms with E-state index in [0.29, 0.717) is 0 Å². The van der Waals surface area contributed by atoms with Gasteiger partial charge in [-0.05, 0) is 29.3 Å². The van der Waals surface area contributed by atoms with Gasteiger partial charge in [0.05, 0.1) is 0 Å². The molecule has 3 heteroatoms. The second kappa shape index (κ2) is 5.43. The summed E-state index contributed by atoms with van der Waals surface area (Å²) in [6.45, 7) is 0. The van der Waals surface area contributed by atoms with Gasteiger partial charge in [0, 0.05) is 11.6 Å². The van der Waals surface area contributed by atoms with E-state index in [9.17, 15) is 4.39 Å². The number of benzene rings is 2. The van der Waals surface area contributed by atoms with Crippen LogP contribution in [0, 0.1) is 5.82 Å². The minimum Gasteiger partial charge on any atom is -0.372 e. The lowest BCUT2D eigenvalue weighted by molar-refractivity contribution is 0.136. The summed E-state index contributed by atoms with van der Waals surface area (Å²) in [5, 5.41) is 0. The van der Waals surface area contributed by atoms with Gasteiger partial charge in [-0.25, -0.2) is 4.39 Å². The van der Waals surface area contributed by atoms with Gasteiger partial charge < -0.3 is 4.74 Å². The zero-order valence-electron chi connectivity index (χ0n) is 9.36. The summed E-state index contributed by atoms with van der Waals surface area (Å²) in [7, 11) is 1.65. The zero-order valence-corrected chi connectivity index (χ0v) is 10.9. The van der Waals surface area contributed by atoms with E-state index in [-0.39, 0.29) is 11.9 Å². The van der Waals surface area contributed by atoms with E-state index in [4.69, 9.17) is 4.74 Å². The van der Waals surface area contributed by atoms with Crippen LogP contribution in [-0.4, -0.2) is 7.11 Å². The van der Waals surface area contributed by atoms with Crippen molar-refractivity contribution in [1.82, 2.24) is 0 Å². The molecule has 0 aromatic heterocycles. The topological polar surface area (TPSA) is 9.23 Å². The number of hydrogen-bond acceptors (Lipinski definition) is 1. The molecule has 0 aliphatic heterocycles. The molecule has 17 heavy (non-hydrogen) atoms. The van der Waals surface area contributed by atoms with Gasteiger partial charge in [-0.2, -0.15) is 0 Å². The third-order valence-electron chi connectivity index (χ3n) is 2.60. The second-order valence-corrected chi connectivity index (χ2v) is 4.54. The molecule has 0 N–H and O–H groups in total. The Balaban J connectivity index is 2.40. The summed E-state index contributed by atoms with van der Waals surface area (Å²) in [6.07, 6.45) is -0.189. The van der Waals surface area contributed by atoms with Crippen molar-refractivity contribution in [2.45, 2.75) is 6.10 Å². The molecular formula is C14H12BrFO. The maximum absolute atomic E-state index is 12.9. The number of halogens is 2. The van der Waals surface area contributed by atoms with Crippen molar-refractivity contribution in [1.29, 1.82) is 0 Å². The molecule has 0 aliphatic carbocycles. The van der Waals surface area contributed by atoms with Crippen LogP contribution in [0.3, 0.4) is 0 Å². The molecule has 88 valence electrons. The molecule has 0 aliphatic rings. The first kappa shape index (κ1) is 12.3. The molecule has 2 aromatic rings. The summed E-state index contributed by atoms with van der Waals surface area (Å²) in [5.74, 6) is -0.240. The van der Waals surface area contributed by atoms with Gasteiger partial charge in [-0.3, -0.25) is 0 Å². The standard InChI is InChI=1S/C14H12BrFO/c1-17-14(10-6-8-11(16)9-7-10)12-4-2-3-5-13(12)15/h2-9,14H,1H3/t14-/m1/s1. The van der Waals surface area contributed by atoms with Crippen LogP contribution in [0.25, 0.3) is 0 Å².